The normalized spacial score (nSPS) is 10.8. The zero-order chi connectivity index (χ0) is 26.5. The molecule has 0 bridgehead atoms. The lowest BCUT2D eigenvalue weighted by Crippen LogP contribution is -2.14. The van der Waals surface area contributed by atoms with Gasteiger partial charge in [-0.2, -0.15) is 4.98 Å². The fraction of sp³-hybridized carbons (Fsp3) is 0.296. The number of nitrogens with one attached hydrogen (secondary N) is 1. The van der Waals surface area contributed by atoms with Gasteiger partial charge < -0.3 is 19.5 Å². The highest BCUT2D eigenvalue weighted by atomic mass is 16.5. The highest BCUT2D eigenvalue weighted by Crippen LogP contribution is 2.28. The van der Waals surface area contributed by atoms with Crippen molar-refractivity contribution in [2.75, 3.05) is 26.1 Å². The first-order valence-corrected chi connectivity index (χ1v) is 11.9. The number of ether oxygens (including phenoxy) is 3. The molecule has 0 radical (unpaired) electrons. The highest BCUT2D eigenvalue weighted by Gasteiger charge is 2.17. The number of aryl methyl sites for hydroxylation is 2. The van der Waals surface area contributed by atoms with Crippen LogP contribution in [-0.4, -0.2) is 52.3 Å². The Morgan fingerprint density at radius 2 is 1.65 bits per heavy atom. The number of benzene rings is 2. The van der Waals surface area contributed by atoms with E-state index in [-0.39, 0.29) is 12.3 Å². The van der Waals surface area contributed by atoms with Crippen LogP contribution in [0.3, 0.4) is 0 Å². The van der Waals surface area contributed by atoms with Crippen LogP contribution in [0.25, 0.3) is 17.2 Å². The summed E-state index contributed by atoms with van der Waals surface area (Å²) in [7, 11) is 3.18. The molecule has 192 valence electrons. The Morgan fingerprint density at radius 1 is 0.973 bits per heavy atom. The summed E-state index contributed by atoms with van der Waals surface area (Å²) >= 11 is 0. The molecular formula is C27H29N5O5. The van der Waals surface area contributed by atoms with Crippen LogP contribution in [0.4, 0.5) is 5.69 Å². The first-order valence-electron chi connectivity index (χ1n) is 11.9. The molecule has 0 saturated heterocycles. The van der Waals surface area contributed by atoms with Gasteiger partial charge in [-0.25, -0.2) is 14.3 Å². The van der Waals surface area contributed by atoms with Gasteiger partial charge in [-0.3, -0.25) is 4.79 Å². The topological polar surface area (TPSA) is 117 Å². The average Bonchev–Trinajstić information content (AvgIpc) is 3.33. The number of hydrogen-bond donors (Lipinski definition) is 1. The summed E-state index contributed by atoms with van der Waals surface area (Å²) in [5.74, 6) is 1.70. The number of methoxy groups -OCH3 is 2. The summed E-state index contributed by atoms with van der Waals surface area (Å²) in [5, 5.41) is 7.52. The van der Waals surface area contributed by atoms with E-state index in [0.29, 0.717) is 47.4 Å². The first kappa shape index (κ1) is 25.6. The quantitative estimate of drug-likeness (QED) is 0.338. The van der Waals surface area contributed by atoms with Crippen LogP contribution in [0.5, 0.6) is 11.5 Å². The lowest BCUT2D eigenvalue weighted by Gasteiger charge is -2.11. The lowest BCUT2D eigenvalue weighted by atomic mass is 10.1. The largest absolute Gasteiger partial charge is 0.497 e. The molecule has 10 nitrogen and oxygen atoms in total. The minimum atomic E-state index is -0.393. The molecule has 2 aromatic carbocycles. The van der Waals surface area contributed by atoms with Gasteiger partial charge in [0.2, 0.25) is 5.91 Å². The molecule has 4 rings (SSSR count). The summed E-state index contributed by atoms with van der Waals surface area (Å²) in [6.07, 6.45) is 0.735. The summed E-state index contributed by atoms with van der Waals surface area (Å²) in [6.45, 7) is 5.90. The number of fused-ring (bicyclic) bond motifs is 1. The van der Waals surface area contributed by atoms with Crippen molar-refractivity contribution in [2.24, 2.45) is 0 Å². The third-order valence-electron chi connectivity index (χ3n) is 5.94. The van der Waals surface area contributed by atoms with E-state index in [1.165, 1.54) is 0 Å². The zero-order valence-corrected chi connectivity index (χ0v) is 21.5. The van der Waals surface area contributed by atoms with E-state index in [0.717, 1.165) is 22.5 Å². The van der Waals surface area contributed by atoms with Crippen molar-refractivity contribution < 1.29 is 23.8 Å². The predicted molar refractivity (Wildman–Crippen MR) is 138 cm³/mol. The second-order valence-electron chi connectivity index (χ2n) is 8.36. The second-order valence-corrected chi connectivity index (χ2v) is 8.36. The number of anilines is 1. The van der Waals surface area contributed by atoms with E-state index in [9.17, 15) is 9.59 Å². The summed E-state index contributed by atoms with van der Waals surface area (Å²) in [5.41, 5.74) is 4.37. The van der Waals surface area contributed by atoms with Gasteiger partial charge in [0.1, 0.15) is 11.5 Å². The van der Waals surface area contributed by atoms with Gasteiger partial charge in [0.25, 0.3) is 5.78 Å². The number of rotatable bonds is 9. The van der Waals surface area contributed by atoms with E-state index in [1.807, 2.05) is 26.0 Å². The molecule has 37 heavy (non-hydrogen) atoms. The van der Waals surface area contributed by atoms with E-state index in [1.54, 1.807) is 56.0 Å². The Morgan fingerprint density at radius 3 is 2.27 bits per heavy atom. The van der Waals surface area contributed by atoms with Crippen molar-refractivity contribution in [1.82, 2.24) is 19.6 Å². The maximum Gasteiger partial charge on any atom is 0.338 e. The van der Waals surface area contributed by atoms with Crippen LogP contribution < -0.4 is 14.8 Å². The van der Waals surface area contributed by atoms with Gasteiger partial charge in [-0.1, -0.05) is 0 Å². The average molecular weight is 504 g/mol. The van der Waals surface area contributed by atoms with Crippen molar-refractivity contribution >= 4 is 23.3 Å². The van der Waals surface area contributed by atoms with Gasteiger partial charge in [-0.15, -0.1) is 5.10 Å². The second kappa shape index (κ2) is 11.1. The SMILES string of the molecule is CCOC(=O)c1ccc(NC(=O)CCc2c(C)nc3nc(-c4cc(OC)cc(OC)c4)nn3c2C)cc1. The Bertz CT molecular complexity index is 1420. The van der Waals surface area contributed by atoms with E-state index in [2.05, 4.69) is 20.4 Å². The van der Waals surface area contributed by atoms with E-state index >= 15 is 0 Å². The van der Waals surface area contributed by atoms with Crippen LogP contribution >= 0.6 is 0 Å². The van der Waals surface area contributed by atoms with Crippen molar-refractivity contribution in [3.05, 3.63) is 65.0 Å². The third-order valence-corrected chi connectivity index (χ3v) is 5.94. The van der Waals surface area contributed by atoms with Crippen LogP contribution in [0.1, 0.15) is 40.7 Å². The predicted octanol–water partition coefficient (Wildman–Crippen LogP) is 4.17. The van der Waals surface area contributed by atoms with Crippen molar-refractivity contribution in [2.45, 2.75) is 33.6 Å². The minimum absolute atomic E-state index is 0.148. The number of hydrogen-bond acceptors (Lipinski definition) is 8. The molecule has 0 atom stereocenters. The van der Waals surface area contributed by atoms with Gasteiger partial charge in [0.15, 0.2) is 5.82 Å². The Balaban J connectivity index is 1.50. The number of carbonyl (C=O) groups excluding carboxylic acids is 2. The summed E-state index contributed by atoms with van der Waals surface area (Å²) in [6, 6.07) is 12.1. The van der Waals surface area contributed by atoms with E-state index < -0.39 is 5.97 Å². The maximum absolute atomic E-state index is 12.6. The Kier molecular flexibility index (Phi) is 7.66. The molecule has 0 aliphatic carbocycles. The van der Waals surface area contributed by atoms with Crippen LogP contribution in [0.2, 0.25) is 0 Å². The molecule has 0 fully saturated rings. The minimum Gasteiger partial charge on any atom is -0.497 e. The van der Waals surface area contributed by atoms with Crippen molar-refractivity contribution in [3.8, 4) is 22.9 Å². The first-order chi connectivity index (χ1) is 17.8. The van der Waals surface area contributed by atoms with Gasteiger partial charge in [0.05, 0.1) is 26.4 Å². The van der Waals surface area contributed by atoms with Crippen LogP contribution in [0.15, 0.2) is 42.5 Å². The zero-order valence-electron chi connectivity index (χ0n) is 21.5. The highest BCUT2D eigenvalue weighted by molar-refractivity contribution is 5.93. The molecule has 0 aliphatic rings. The number of amides is 1. The standard InChI is InChI=1S/C27H29N5O5/c1-6-37-26(34)18-7-9-20(10-8-18)29-24(33)12-11-23-16(2)28-27-30-25(31-32(27)17(23)3)19-13-21(35-4)15-22(14-19)36-5/h7-10,13-15H,6,11-12H2,1-5H3,(H,29,33). The Hall–Kier alpha value is -4.47. The molecule has 2 aromatic heterocycles. The monoisotopic (exact) mass is 503 g/mol. The molecule has 0 saturated carbocycles. The van der Waals surface area contributed by atoms with Crippen LogP contribution in [0, 0.1) is 13.8 Å². The molecule has 2 heterocycles. The number of carbonyl (C=O) groups is 2. The molecule has 4 aromatic rings. The van der Waals surface area contributed by atoms with Crippen molar-refractivity contribution in [1.29, 1.82) is 0 Å². The fourth-order valence-corrected chi connectivity index (χ4v) is 4.00. The van der Waals surface area contributed by atoms with Crippen LogP contribution in [-0.2, 0) is 16.0 Å². The number of esters is 1. The van der Waals surface area contributed by atoms with Crippen molar-refractivity contribution in [3.63, 3.8) is 0 Å². The molecule has 1 N–H and O–H groups in total. The maximum atomic E-state index is 12.6. The number of nitrogens with zero attached hydrogens (tertiary/aromatic N) is 4. The smallest absolute Gasteiger partial charge is 0.338 e. The molecule has 0 aliphatic heterocycles. The molecule has 10 heteroatoms. The van der Waals surface area contributed by atoms with E-state index in [4.69, 9.17) is 14.2 Å². The number of aromatic nitrogens is 4. The fourth-order valence-electron chi connectivity index (χ4n) is 4.00. The van der Waals surface area contributed by atoms with Gasteiger partial charge in [-0.05, 0) is 69.2 Å². The molecule has 0 spiro atoms. The summed E-state index contributed by atoms with van der Waals surface area (Å²) < 4.78 is 17.4. The molecule has 1 amide bonds. The Labute approximate surface area is 214 Å². The lowest BCUT2D eigenvalue weighted by molar-refractivity contribution is -0.116. The summed E-state index contributed by atoms with van der Waals surface area (Å²) in [4.78, 5) is 33.6. The van der Waals surface area contributed by atoms with Gasteiger partial charge >= 0.3 is 5.97 Å². The van der Waals surface area contributed by atoms with Gasteiger partial charge in [0, 0.05) is 35.1 Å². The third kappa shape index (κ3) is 5.69. The molecular weight excluding hydrogens is 474 g/mol. The molecule has 0 unspecified atom stereocenters.